The second kappa shape index (κ2) is 6.68. The summed E-state index contributed by atoms with van der Waals surface area (Å²) in [7, 11) is 0. The van der Waals surface area contributed by atoms with Crippen LogP contribution in [0.1, 0.15) is 79.1 Å². The molecule has 0 saturated heterocycles. The summed E-state index contributed by atoms with van der Waals surface area (Å²) in [6.07, 6.45) is 7.85. The van der Waals surface area contributed by atoms with Crippen LogP contribution in [0.5, 0.6) is 0 Å². The molecule has 1 N–H and O–H groups in total. The minimum absolute atomic E-state index is 0.0807. The first kappa shape index (κ1) is 19.6. The molecule has 4 aliphatic rings. The third-order valence-electron chi connectivity index (χ3n) is 10.0. The summed E-state index contributed by atoms with van der Waals surface area (Å²) in [6.45, 7) is 9.43. The van der Waals surface area contributed by atoms with Crippen LogP contribution in [0.15, 0.2) is 0 Å². The van der Waals surface area contributed by atoms with Crippen molar-refractivity contribution in [2.75, 3.05) is 6.61 Å². The maximum atomic E-state index is 13.8. The van der Waals surface area contributed by atoms with Crippen molar-refractivity contribution in [3.8, 4) is 0 Å². The van der Waals surface area contributed by atoms with Gasteiger partial charge in [-0.2, -0.15) is 0 Å². The summed E-state index contributed by atoms with van der Waals surface area (Å²) in [6, 6.07) is 0. The number of hydrogen-bond acceptors (Lipinski definition) is 3. The number of rotatable bonds is 3. The molecule has 0 heterocycles. The molecule has 9 atom stereocenters. The van der Waals surface area contributed by atoms with Crippen molar-refractivity contribution < 1.29 is 14.7 Å². The lowest BCUT2D eigenvalue weighted by Crippen LogP contribution is -2.60. The van der Waals surface area contributed by atoms with Crippen LogP contribution in [0.4, 0.5) is 0 Å². The summed E-state index contributed by atoms with van der Waals surface area (Å²) in [5, 5.41) is 9.79. The molecule has 4 aliphatic carbocycles. The Kier molecular flexibility index (Phi) is 4.85. The summed E-state index contributed by atoms with van der Waals surface area (Å²) in [4.78, 5) is 26.0. The molecular weight excluding hydrogens is 336 g/mol. The summed E-state index contributed by atoms with van der Waals surface area (Å²) in [5.74, 6) is 3.23. The Morgan fingerprint density at radius 3 is 2.41 bits per heavy atom. The van der Waals surface area contributed by atoms with Crippen LogP contribution in [0.25, 0.3) is 0 Å². The Morgan fingerprint density at radius 2 is 1.74 bits per heavy atom. The van der Waals surface area contributed by atoms with Crippen LogP contribution in [0, 0.1) is 52.3 Å². The average molecular weight is 375 g/mol. The van der Waals surface area contributed by atoms with Crippen molar-refractivity contribution in [1.82, 2.24) is 0 Å². The molecule has 27 heavy (non-hydrogen) atoms. The molecule has 0 aromatic carbocycles. The molecule has 3 heteroatoms. The van der Waals surface area contributed by atoms with E-state index in [0.29, 0.717) is 48.1 Å². The second-order valence-electron chi connectivity index (χ2n) is 10.9. The van der Waals surface area contributed by atoms with Gasteiger partial charge in [0.05, 0.1) is 0 Å². The van der Waals surface area contributed by atoms with E-state index in [-0.39, 0.29) is 35.2 Å². The molecule has 4 saturated carbocycles. The first-order chi connectivity index (χ1) is 12.8. The molecule has 0 aliphatic heterocycles. The molecule has 152 valence electrons. The molecule has 4 rings (SSSR count). The van der Waals surface area contributed by atoms with E-state index in [9.17, 15) is 14.7 Å². The van der Waals surface area contributed by atoms with Gasteiger partial charge in [0.1, 0.15) is 11.6 Å². The maximum Gasteiger partial charge on any atom is 0.139 e. The van der Waals surface area contributed by atoms with Crippen LogP contribution in [0.2, 0.25) is 0 Å². The molecule has 5 unspecified atom stereocenters. The van der Waals surface area contributed by atoms with Gasteiger partial charge in [0.2, 0.25) is 0 Å². The highest BCUT2D eigenvalue weighted by atomic mass is 16.3. The Balaban J connectivity index is 1.71. The van der Waals surface area contributed by atoms with Gasteiger partial charge in [-0.05, 0) is 78.9 Å². The van der Waals surface area contributed by atoms with Gasteiger partial charge in [0.15, 0.2) is 0 Å². The highest BCUT2D eigenvalue weighted by Gasteiger charge is 2.65. The van der Waals surface area contributed by atoms with E-state index in [1.807, 2.05) is 0 Å². The van der Waals surface area contributed by atoms with E-state index >= 15 is 0 Å². The van der Waals surface area contributed by atoms with Crippen molar-refractivity contribution in [2.24, 2.45) is 52.3 Å². The zero-order valence-corrected chi connectivity index (χ0v) is 17.7. The van der Waals surface area contributed by atoms with E-state index in [1.54, 1.807) is 0 Å². The monoisotopic (exact) mass is 374 g/mol. The Morgan fingerprint density at radius 1 is 1.04 bits per heavy atom. The predicted molar refractivity (Wildman–Crippen MR) is 106 cm³/mol. The summed E-state index contributed by atoms with van der Waals surface area (Å²) < 4.78 is 0. The summed E-state index contributed by atoms with van der Waals surface area (Å²) >= 11 is 0. The number of Topliss-reactive ketones (excluding diaryl/α,β-unsaturated/α-hetero) is 2. The highest BCUT2D eigenvalue weighted by molar-refractivity contribution is 5.88. The predicted octanol–water partition coefficient (Wildman–Crippen LogP) is 4.66. The molecule has 0 bridgehead atoms. The van der Waals surface area contributed by atoms with E-state index in [2.05, 4.69) is 27.7 Å². The van der Waals surface area contributed by atoms with E-state index < -0.39 is 0 Å². The first-order valence-electron chi connectivity index (χ1n) is 11.4. The molecule has 0 aromatic rings. The molecule has 4 fully saturated rings. The number of fused-ring (bicyclic) bond motifs is 5. The first-order valence-corrected chi connectivity index (χ1v) is 11.4. The van der Waals surface area contributed by atoms with Crippen molar-refractivity contribution in [3.63, 3.8) is 0 Å². The van der Waals surface area contributed by atoms with Crippen molar-refractivity contribution >= 4 is 11.6 Å². The van der Waals surface area contributed by atoms with Crippen LogP contribution in [-0.4, -0.2) is 23.3 Å². The number of ketones is 2. The smallest absolute Gasteiger partial charge is 0.139 e. The topological polar surface area (TPSA) is 54.4 Å². The van der Waals surface area contributed by atoms with Gasteiger partial charge in [0.25, 0.3) is 0 Å². The highest BCUT2D eigenvalue weighted by Crippen LogP contribution is 2.68. The fourth-order valence-corrected chi connectivity index (χ4v) is 8.55. The number of carbonyl (C=O) groups is 2. The molecule has 0 amide bonds. The Hall–Kier alpha value is -0.700. The molecule has 0 radical (unpaired) electrons. The standard InChI is InChI=1S/C24H38O3/c1-5-16-20-12-15(26)8-10-24(20,4)19-9-11-23(3)17(14(2)13-25)6-7-18(23)21(19)22(16)27/h14,16-21,25H,5-13H2,1-4H3/t14-,16-,17-,18?,19?,20?,21?,23-,24?/m1/s1. The lowest BCUT2D eigenvalue weighted by Gasteiger charge is -2.61. The van der Waals surface area contributed by atoms with E-state index in [4.69, 9.17) is 0 Å². The van der Waals surface area contributed by atoms with Gasteiger partial charge in [-0.15, -0.1) is 0 Å². The van der Waals surface area contributed by atoms with Crippen LogP contribution in [0.3, 0.4) is 0 Å². The number of carbonyl (C=O) groups excluding carboxylic acids is 2. The Labute approximate surface area is 164 Å². The van der Waals surface area contributed by atoms with Gasteiger partial charge in [0, 0.05) is 31.3 Å². The van der Waals surface area contributed by atoms with Crippen molar-refractivity contribution in [2.45, 2.75) is 79.1 Å². The zero-order chi connectivity index (χ0) is 19.6. The number of aliphatic hydroxyl groups excluding tert-OH is 1. The quantitative estimate of drug-likeness (QED) is 0.782. The van der Waals surface area contributed by atoms with Gasteiger partial charge < -0.3 is 5.11 Å². The SMILES string of the molecule is CC[C@H]1C(=O)C2C(CC[C@@]3(C)C2CC[C@@H]3[C@H](C)CO)C2(C)CCC(=O)CC12. The second-order valence-corrected chi connectivity index (χ2v) is 10.9. The largest absolute Gasteiger partial charge is 0.396 e. The average Bonchev–Trinajstić information content (AvgIpc) is 3.00. The van der Waals surface area contributed by atoms with Gasteiger partial charge >= 0.3 is 0 Å². The van der Waals surface area contributed by atoms with Crippen molar-refractivity contribution in [3.05, 3.63) is 0 Å². The van der Waals surface area contributed by atoms with Gasteiger partial charge in [-0.1, -0.05) is 27.7 Å². The van der Waals surface area contributed by atoms with Gasteiger partial charge in [-0.25, -0.2) is 0 Å². The molecule has 0 aromatic heterocycles. The lowest BCUT2D eigenvalue weighted by molar-refractivity contribution is -0.170. The normalized spacial score (nSPS) is 50.7. The maximum absolute atomic E-state index is 13.8. The molecule has 0 spiro atoms. The third kappa shape index (κ3) is 2.63. The van der Waals surface area contributed by atoms with E-state index in [0.717, 1.165) is 32.1 Å². The van der Waals surface area contributed by atoms with Crippen LogP contribution in [-0.2, 0) is 9.59 Å². The van der Waals surface area contributed by atoms with E-state index in [1.165, 1.54) is 6.42 Å². The zero-order valence-electron chi connectivity index (χ0n) is 17.7. The lowest BCUT2D eigenvalue weighted by atomic mass is 9.42. The van der Waals surface area contributed by atoms with Crippen molar-refractivity contribution in [1.29, 1.82) is 0 Å². The van der Waals surface area contributed by atoms with Gasteiger partial charge in [-0.3, -0.25) is 9.59 Å². The van der Waals surface area contributed by atoms with Crippen LogP contribution >= 0.6 is 0 Å². The molecule has 3 nitrogen and oxygen atoms in total. The number of hydrogen-bond donors (Lipinski definition) is 1. The molecular formula is C24H38O3. The van der Waals surface area contributed by atoms with Crippen LogP contribution < -0.4 is 0 Å². The fourth-order valence-electron chi connectivity index (χ4n) is 8.55. The third-order valence-corrected chi connectivity index (χ3v) is 10.0. The summed E-state index contributed by atoms with van der Waals surface area (Å²) in [5.41, 5.74) is 0.361. The fraction of sp³-hybridized carbons (Fsp3) is 0.917. The number of aliphatic hydroxyl groups is 1. The minimum atomic E-state index is 0.0807. The minimum Gasteiger partial charge on any atom is -0.396 e. The Bertz CT molecular complexity index is 627.